The molecule has 5 rings (SSSR count). The number of benzene rings is 1. The fourth-order valence-corrected chi connectivity index (χ4v) is 8.69. The van der Waals surface area contributed by atoms with Crippen LogP contribution in [0.25, 0.3) is 11.3 Å². The number of hydrogen-bond donors (Lipinski definition) is 6. The van der Waals surface area contributed by atoms with E-state index < -0.39 is 63.9 Å². The van der Waals surface area contributed by atoms with Crippen molar-refractivity contribution in [3.63, 3.8) is 0 Å². The number of primary amides is 1. The molecule has 2 aromatic rings. The van der Waals surface area contributed by atoms with Crippen molar-refractivity contribution in [3.05, 3.63) is 41.2 Å². The third kappa shape index (κ3) is 4.10. The molecule has 0 saturated heterocycles. The van der Waals surface area contributed by atoms with E-state index in [4.69, 9.17) is 10.2 Å². The first kappa shape index (κ1) is 30.4. The number of carbonyl (C=O) groups excluding carboxylic acids is 3. The molecular formula is C32H42N2O8. The Morgan fingerprint density at radius 1 is 1.12 bits per heavy atom. The Morgan fingerprint density at radius 2 is 1.79 bits per heavy atom. The lowest BCUT2D eigenvalue weighted by atomic mass is 9.39. The van der Waals surface area contributed by atoms with Crippen molar-refractivity contribution in [3.8, 4) is 17.1 Å². The smallest absolute Gasteiger partial charge is 0.230 e. The van der Waals surface area contributed by atoms with E-state index in [0.29, 0.717) is 29.2 Å². The molecule has 1 amide bonds. The molecule has 228 valence electrons. The summed E-state index contributed by atoms with van der Waals surface area (Å²) in [5.74, 6) is -5.95. The van der Waals surface area contributed by atoms with Crippen LogP contribution in [0.15, 0.2) is 28.7 Å². The fourth-order valence-electron chi connectivity index (χ4n) is 8.69. The predicted molar refractivity (Wildman–Crippen MR) is 153 cm³/mol. The lowest BCUT2D eigenvalue weighted by molar-refractivity contribution is -0.265. The quantitative estimate of drug-likeness (QED) is 0.278. The Balaban J connectivity index is 1.66. The summed E-state index contributed by atoms with van der Waals surface area (Å²) in [6.45, 7) is 11.7. The number of ketones is 2. The van der Waals surface area contributed by atoms with Crippen LogP contribution in [0.4, 0.5) is 0 Å². The molecule has 2 saturated carbocycles. The van der Waals surface area contributed by atoms with Crippen molar-refractivity contribution in [2.45, 2.75) is 84.8 Å². The lowest BCUT2D eigenvalue weighted by Crippen LogP contribution is -2.79. The van der Waals surface area contributed by atoms with Crippen molar-refractivity contribution in [1.82, 2.24) is 5.32 Å². The number of nitrogens with two attached hydrogens (primary N) is 1. The van der Waals surface area contributed by atoms with Crippen LogP contribution in [0.2, 0.25) is 0 Å². The number of amides is 1. The van der Waals surface area contributed by atoms with Gasteiger partial charge in [-0.1, -0.05) is 41.5 Å². The van der Waals surface area contributed by atoms with Crippen LogP contribution in [0.3, 0.4) is 0 Å². The highest BCUT2D eigenvalue weighted by molar-refractivity contribution is 6.09. The molecule has 0 spiro atoms. The number of aliphatic hydroxyl groups excluding tert-OH is 2. The minimum absolute atomic E-state index is 0.00892. The molecule has 10 heteroatoms. The molecule has 42 heavy (non-hydrogen) atoms. The summed E-state index contributed by atoms with van der Waals surface area (Å²) in [5.41, 5.74) is 1.78. The molecule has 0 aliphatic heterocycles. The third-order valence-electron chi connectivity index (χ3n) is 10.3. The van der Waals surface area contributed by atoms with Gasteiger partial charge in [-0.3, -0.25) is 14.4 Å². The van der Waals surface area contributed by atoms with Crippen molar-refractivity contribution in [2.24, 2.45) is 40.2 Å². The average molecular weight is 583 g/mol. The second-order valence-electron chi connectivity index (χ2n) is 13.8. The molecule has 1 aromatic carbocycles. The molecule has 2 fully saturated rings. The molecule has 7 N–H and O–H groups in total. The molecule has 0 radical (unpaired) electrons. The Morgan fingerprint density at radius 3 is 2.38 bits per heavy atom. The zero-order valence-electron chi connectivity index (χ0n) is 25.0. The third-order valence-corrected chi connectivity index (χ3v) is 10.3. The van der Waals surface area contributed by atoms with E-state index in [1.54, 1.807) is 13.0 Å². The highest BCUT2D eigenvalue weighted by Gasteiger charge is 2.75. The largest absolute Gasteiger partial charge is 0.507 e. The molecule has 1 aromatic heterocycles. The number of phenols is 1. The van der Waals surface area contributed by atoms with Gasteiger partial charge in [-0.25, -0.2) is 0 Å². The zero-order chi connectivity index (χ0) is 31.1. The molecule has 3 aliphatic rings. The summed E-state index contributed by atoms with van der Waals surface area (Å²) in [6, 6.07) is 7.02. The number of fused-ring (bicyclic) bond motifs is 3. The van der Waals surface area contributed by atoms with Gasteiger partial charge in [0.2, 0.25) is 5.91 Å². The lowest BCUT2D eigenvalue weighted by Gasteiger charge is -2.66. The number of carbonyl (C=O) groups is 3. The average Bonchev–Trinajstić information content (AvgIpc) is 3.33. The van der Waals surface area contributed by atoms with Crippen LogP contribution in [-0.4, -0.2) is 61.8 Å². The second-order valence-corrected chi connectivity index (χ2v) is 13.8. The Hall–Kier alpha value is -3.05. The predicted octanol–water partition coefficient (Wildman–Crippen LogP) is 2.33. The van der Waals surface area contributed by atoms with E-state index in [0.717, 1.165) is 0 Å². The number of hydrogen-bond acceptors (Lipinski definition) is 9. The zero-order valence-corrected chi connectivity index (χ0v) is 25.0. The maximum Gasteiger partial charge on any atom is 0.230 e. The van der Waals surface area contributed by atoms with Gasteiger partial charge in [0.05, 0.1) is 24.1 Å². The second kappa shape index (κ2) is 10.0. The van der Waals surface area contributed by atoms with E-state index in [-0.39, 0.29) is 36.1 Å². The van der Waals surface area contributed by atoms with Gasteiger partial charge >= 0.3 is 0 Å². The molecular weight excluding hydrogens is 540 g/mol. The van der Waals surface area contributed by atoms with Gasteiger partial charge in [0, 0.05) is 17.0 Å². The summed E-state index contributed by atoms with van der Waals surface area (Å²) >= 11 is 0. The number of aliphatic hydroxyl groups is 3. The van der Waals surface area contributed by atoms with Crippen LogP contribution < -0.4 is 11.1 Å². The summed E-state index contributed by atoms with van der Waals surface area (Å²) in [5, 5.41) is 49.6. The highest BCUT2D eigenvalue weighted by atomic mass is 16.4. The van der Waals surface area contributed by atoms with Gasteiger partial charge in [0.15, 0.2) is 17.2 Å². The SMILES string of the molecule is CC(C)NCc1ccc(-c2ccc(O)c3c2C[C@]2(C)C[C@]4(C)[C@@H](C(C)C)C(O)[C@@H](C(N)=O)C(=O)[C@]4(O)C(O)[C@H]2C3=O)o1. The normalized spacial score (nSPS) is 36.1. The van der Waals surface area contributed by atoms with E-state index in [1.165, 1.54) is 6.07 Å². The van der Waals surface area contributed by atoms with Gasteiger partial charge in [-0.05, 0) is 59.9 Å². The fraction of sp³-hybridized carbons (Fsp3) is 0.594. The van der Waals surface area contributed by atoms with Crippen LogP contribution in [0.1, 0.15) is 69.6 Å². The maximum absolute atomic E-state index is 14.3. The topological polar surface area (TPSA) is 183 Å². The maximum atomic E-state index is 14.3. The van der Waals surface area contributed by atoms with Crippen molar-refractivity contribution < 1.29 is 39.2 Å². The summed E-state index contributed by atoms with van der Waals surface area (Å²) in [4.78, 5) is 40.4. The van der Waals surface area contributed by atoms with Crippen molar-refractivity contribution in [1.29, 1.82) is 0 Å². The van der Waals surface area contributed by atoms with Gasteiger partial charge in [-0.2, -0.15) is 0 Å². The Bertz CT molecular complexity index is 1450. The molecule has 8 atom stereocenters. The monoisotopic (exact) mass is 582 g/mol. The Kier molecular flexibility index (Phi) is 7.25. The van der Waals surface area contributed by atoms with Gasteiger partial charge in [0.1, 0.15) is 29.3 Å². The van der Waals surface area contributed by atoms with Crippen molar-refractivity contribution in [2.75, 3.05) is 0 Å². The minimum Gasteiger partial charge on any atom is -0.507 e. The standard InChI is InChI=1S/C32H42N2O8/c1-14(2)23-26(37)22(29(33)40)27(38)32(41)28(39)24-25(36)21-18(11-30(24,5)13-31(23,32)6)17(8-9-19(21)35)20-10-7-16(42-20)12-34-15(3)4/h7-10,14-15,22-24,26,28,34-35,37,39,41H,11-13H2,1-6H3,(H2,33,40)/t22-,23+,24-,26?,28?,30-,31-,32+/m1/s1. The Labute approximate surface area is 245 Å². The van der Waals surface area contributed by atoms with E-state index in [9.17, 15) is 34.8 Å². The molecule has 2 unspecified atom stereocenters. The molecule has 1 heterocycles. The van der Waals surface area contributed by atoms with Gasteiger partial charge < -0.3 is 35.9 Å². The van der Waals surface area contributed by atoms with Crippen molar-refractivity contribution >= 4 is 17.5 Å². The van der Waals surface area contributed by atoms with E-state index in [1.807, 2.05) is 46.8 Å². The highest BCUT2D eigenvalue weighted by Crippen LogP contribution is 2.66. The summed E-state index contributed by atoms with van der Waals surface area (Å²) in [7, 11) is 0. The molecule has 3 aliphatic carbocycles. The number of rotatable bonds is 6. The number of phenolic OH excluding ortho intramolecular Hbond substituents is 1. The molecule has 0 bridgehead atoms. The van der Waals surface area contributed by atoms with E-state index >= 15 is 0 Å². The van der Waals surface area contributed by atoms with E-state index in [2.05, 4.69) is 5.32 Å². The molecule has 10 nitrogen and oxygen atoms in total. The van der Waals surface area contributed by atoms with Gasteiger partial charge in [-0.15, -0.1) is 0 Å². The van der Waals surface area contributed by atoms with Crippen LogP contribution in [0.5, 0.6) is 5.75 Å². The summed E-state index contributed by atoms with van der Waals surface area (Å²) < 4.78 is 6.12. The van der Waals surface area contributed by atoms with Gasteiger partial charge in [0.25, 0.3) is 0 Å². The first-order valence-electron chi connectivity index (χ1n) is 14.6. The van der Waals surface area contributed by atoms with Crippen LogP contribution in [0, 0.1) is 34.5 Å². The number of nitrogens with one attached hydrogen (secondary N) is 1. The summed E-state index contributed by atoms with van der Waals surface area (Å²) in [6.07, 6.45) is -3.08. The van der Waals surface area contributed by atoms with Crippen LogP contribution >= 0.6 is 0 Å². The minimum atomic E-state index is -2.54. The number of aromatic hydroxyl groups is 1. The van der Waals surface area contributed by atoms with Crippen LogP contribution in [-0.2, 0) is 22.6 Å². The first-order valence-corrected chi connectivity index (χ1v) is 14.6. The number of Topliss-reactive ketones (excluding diaryl/α,β-unsaturated/α-hetero) is 2. The first-order chi connectivity index (χ1) is 19.5. The number of furan rings is 1.